The van der Waals surface area contributed by atoms with Gasteiger partial charge >= 0.3 is 0 Å². The highest BCUT2D eigenvalue weighted by Crippen LogP contribution is 2.16. The Hall–Kier alpha value is -3.16. The summed E-state index contributed by atoms with van der Waals surface area (Å²) in [4.78, 5) is 40.0. The average molecular weight is 429 g/mol. The molecule has 0 saturated carbocycles. The van der Waals surface area contributed by atoms with Gasteiger partial charge in [0.2, 0.25) is 5.91 Å². The minimum Gasteiger partial charge on any atom is -0.353 e. The molecule has 0 atom stereocenters. The van der Waals surface area contributed by atoms with Crippen LogP contribution in [-0.4, -0.2) is 50.7 Å². The van der Waals surface area contributed by atoms with Gasteiger partial charge in [-0.2, -0.15) is 0 Å². The van der Waals surface area contributed by atoms with Crippen LogP contribution in [0.25, 0.3) is 0 Å². The first-order chi connectivity index (χ1) is 14.6. The Kier molecular flexibility index (Phi) is 8.36. The second kappa shape index (κ2) is 10.7. The molecule has 0 unspecified atom stereocenters. The third kappa shape index (κ3) is 6.94. The summed E-state index contributed by atoms with van der Waals surface area (Å²) in [7, 11) is 1.94. The van der Waals surface area contributed by atoms with E-state index in [2.05, 4.69) is 13.8 Å². The van der Waals surface area contributed by atoms with Crippen LogP contribution in [0.2, 0.25) is 0 Å². The van der Waals surface area contributed by atoms with Crippen molar-refractivity contribution in [3.05, 3.63) is 64.0 Å². The topological polar surface area (TPSA) is 88.7 Å². The molecular formula is C23H32N4O4. The van der Waals surface area contributed by atoms with Gasteiger partial charge in [0.15, 0.2) is 0 Å². The van der Waals surface area contributed by atoms with Crippen molar-refractivity contribution >= 4 is 17.5 Å². The number of aryl methyl sites for hydroxylation is 1. The van der Waals surface area contributed by atoms with E-state index in [1.54, 1.807) is 4.90 Å². The van der Waals surface area contributed by atoms with E-state index >= 15 is 0 Å². The summed E-state index contributed by atoms with van der Waals surface area (Å²) < 4.78 is 1.98. The summed E-state index contributed by atoms with van der Waals surface area (Å²) in [6.07, 6.45) is 1.94. The van der Waals surface area contributed by atoms with Gasteiger partial charge < -0.3 is 14.4 Å². The number of aromatic nitrogens is 1. The Morgan fingerprint density at radius 3 is 2.06 bits per heavy atom. The van der Waals surface area contributed by atoms with Crippen LogP contribution in [0.15, 0.2) is 42.6 Å². The first-order valence-electron chi connectivity index (χ1n) is 10.5. The fourth-order valence-electron chi connectivity index (χ4n) is 3.38. The number of non-ortho nitro benzene ring substituents is 1. The van der Waals surface area contributed by atoms with E-state index in [0.29, 0.717) is 25.2 Å². The predicted octanol–water partition coefficient (Wildman–Crippen LogP) is 3.72. The number of nitro groups is 1. The molecule has 168 valence electrons. The quantitative estimate of drug-likeness (QED) is 0.426. The molecule has 1 aromatic heterocycles. The van der Waals surface area contributed by atoms with E-state index in [-0.39, 0.29) is 35.9 Å². The molecule has 0 aliphatic rings. The fourth-order valence-corrected chi connectivity index (χ4v) is 3.38. The summed E-state index contributed by atoms with van der Waals surface area (Å²) in [6.45, 7) is 9.52. The van der Waals surface area contributed by atoms with E-state index in [1.807, 2.05) is 43.8 Å². The highest BCUT2D eigenvalue weighted by molar-refractivity contribution is 5.96. The van der Waals surface area contributed by atoms with Crippen molar-refractivity contribution in [3.8, 4) is 0 Å². The third-order valence-corrected chi connectivity index (χ3v) is 4.87. The molecule has 2 aromatic rings. The molecule has 0 aliphatic heterocycles. The second-order valence-electron chi connectivity index (χ2n) is 8.66. The zero-order valence-corrected chi connectivity index (χ0v) is 18.9. The zero-order valence-electron chi connectivity index (χ0n) is 18.9. The minimum absolute atomic E-state index is 0.0366. The minimum atomic E-state index is -0.503. The van der Waals surface area contributed by atoms with E-state index in [1.165, 1.54) is 29.2 Å². The molecule has 1 aromatic carbocycles. The Labute approximate surface area is 183 Å². The van der Waals surface area contributed by atoms with Crippen molar-refractivity contribution in [3.63, 3.8) is 0 Å². The normalized spacial score (nSPS) is 11.1. The summed E-state index contributed by atoms with van der Waals surface area (Å²) in [5, 5.41) is 10.9. The van der Waals surface area contributed by atoms with Crippen molar-refractivity contribution < 1.29 is 14.5 Å². The van der Waals surface area contributed by atoms with Gasteiger partial charge in [0.25, 0.3) is 11.6 Å². The van der Waals surface area contributed by atoms with Crippen LogP contribution in [-0.2, 0) is 18.4 Å². The fraction of sp³-hybridized carbons (Fsp3) is 0.478. The van der Waals surface area contributed by atoms with Crippen molar-refractivity contribution in [2.45, 2.75) is 34.2 Å². The van der Waals surface area contributed by atoms with E-state index < -0.39 is 4.92 Å². The number of hydrogen-bond donors (Lipinski definition) is 0. The molecular weight excluding hydrogens is 396 g/mol. The number of nitro benzene ring substituents is 1. The van der Waals surface area contributed by atoms with Crippen molar-refractivity contribution in [1.82, 2.24) is 14.4 Å². The van der Waals surface area contributed by atoms with Gasteiger partial charge in [-0.1, -0.05) is 27.7 Å². The molecule has 0 N–H and O–H groups in total. The van der Waals surface area contributed by atoms with Gasteiger partial charge in [-0.15, -0.1) is 0 Å². The number of benzene rings is 1. The lowest BCUT2D eigenvalue weighted by Crippen LogP contribution is -2.45. The predicted molar refractivity (Wildman–Crippen MR) is 120 cm³/mol. The summed E-state index contributed by atoms with van der Waals surface area (Å²) in [6, 6.07) is 9.42. The Bertz CT molecular complexity index is 903. The van der Waals surface area contributed by atoms with Crippen LogP contribution < -0.4 is 0 Å². The highest BCUT2D eigenvalue weighted by atomic mass is 16.6. The highest BCUT2D eigenvalue weighted by Gasteiger charge is 2.24. The molecule has 0 fully saturated rings. The summed E-state index contributed by atoms with van der Waals surface area (Å²) >= 11 is 0. The third-order valence-electron chi connectivity index (χ3n) is 4.87. The first kappa shape index (κ1) is 24.1. The Morgan fingerprint density at radius 1 is 1.00 bits per heavy atom. The van der Waals surface area contributed by atoms with E-state index in [4.69, 9.17) is 0 Å². The van der Waals surface area contributed by atoms with Gasteiger partial charge in [0.1, 0.15) is 6.54 Å². The van der Waals surface area contributed by atoms with Crippen LogP contribution in [0.5, 0.6) is 0 Å². The van der Waals surface area contributed by atoms with Crippen LogP contribution >= 0.6 is 0 Å². The van der Waals surface area contributed by atoms with Crippen molar-refractivity contribution in [1.29, 1.82) is 0 Å². The average Bonchev–Trinajstić information content (AvgIpc) is 3.10. The molecule has 0 spiro atoms. The molecule has 2 rings (SSSR count). The number of amides is 2. The van der Waals surface area contributed by atoms with Crippen molar-refractivity contribution in [2.75, 3.05) is 19.6 Å². The monoisotopic (exact) mass is 428 g/mol. The lowest BCUT2D eigenvalue weighted by molar-refractivity contribution is -0.384. The molecule has 0 bridgehead atoms. The molecule has 1 heterocycles. The molecule has 0 radical (unpaired) electrons. The number of rotatable bonds is 10. The van der Waals surface area contributed by atoms with Gasteiger partial charge in [-0.25, -0.2) is 0 Å². The maximum absolute atomic E-state index is 13.2. The molecule has 8 nitrogen and oxygen atoms in total. The standard InChI is InChI=1S/C23H32N4O4/c1-17(2)13-25(15-21-7-6-12-24(21)5)22(28)16-26(14-18(3)4)23(29)19-8-10-20(11-9-19)27(30)31/h6-12,17-18H,13-16H2,1-5H3. The Morgan fingerprint density at radius 2 is 1.58 bits per heavy atom. The van der Waals surface area contributed by atoms with Gasteiger partial charge in [0, 0.05) is 49.7 Å². The lowest BCUT2D eigenvalue weighted by atomic mass is 10.1. The number of nitrogens with zero attached hydrogens (tertiary/aromatic N) is 4. The molecule has 8 heteroatoms. The first-order valence-corrected chi connectivity index (χ1v) is 10.5. The molecule has 31 heavy (non-hydrogen) atoms. The van der Waals surface area contributed by atoms with E-state index in [0.717, 1.165) is 5.69 Å². The number of carbonyl (C=O) groups is 2. The van der Waals surface area contributed by atoms with Gasteiger partial charge in [-0.05, 0) is 36.1 Å². The maximum Gasteiger partial charge on any atom is 0.269 e. The zero-order chi connectivity index (χ0) is 23.1. The van der Waals surface area contributed by atoms with Crippen LogP contribution in [0.1, 0.15) is 43.7 Å². The molecule has 2 amide bonds. The second-order valence-corrected chi connectivity index (χ2v) is 8.66. The van der Waals surface area contributed by atoms with E-state index in [9.17, 15) is 19.7 Å². The largest absolute Gasteiger partial charge is 0.353 e. The Balaban J connectivity index is 2.21. The van der Waals surface area contributed by atoms with Crippen LogP contribution in [0, 0.1) is 22.0 Å². The summed E-state index contributed by atoms with van der Waals surface area (Å²) in [5.41, 5.74) is 1.27. The lowest BCUT2D eigenvalue weighted by Gasteiger charge is -2.30. The summed E-state index contributed by atoms with van der Waals surface area (Å²) in [5.74, 6) is 0.0282. The van der Waals surface area contributed by atoms with Gasteiger partial charge in [-0.3, -0.25) is 19.7 Å². The van der Waals surface area contributed by atoms with Gasteiger partial charge in [0.05, 0.1) is 11.5 Å². The smallest absolute Gasteiger partial charge is 0.269 e. The SMILES string of the molecule is CC(C)CN(Cc1cccn1C)C(=O)CN(CC(C)C)C(=O)c1ccc([N+](=O)[O-])cc1. The number of carbonyl (C=O) groups excluding carboxylic acids is 2. The van der Waals surface area contributed by atoms with Crippen LogP contribution in [0.4, 0.5) is 5.69 Å². The van der Waals surface area contributed by atoms with Crippen molar-refractivity contribution in [2.24, 2.45) is 18.9 Å². The molecule has 0 saturated heterocycles. The molecule has 0 aliphatic carbocycles. The maximum atomic E-state index is 13.2. The number of hydrogen-bond acceptors (Lipinski definition) is 4. The van der Waals surface area contributed by atoms with Crippen LogP contribution in [0.3, 0.4) is 0 Å².